The predicted octanol–water partition coefficient (Wildman–Crippen LogP) is 4.49. The van der Waals surface area contributed by atoms with Crippen LogP contribution in [0.1, 0.15) is 23.2 Å². The number of halogens is 1. The lowest BCUT2D eigenvalue weighted by atomic mass is 9.92. The topological polar surface area (TPSA) is 62.5 Å². The number of hydrogen-bond donors (Lipinski definition) is 1. The van der Waals surface area contributed by atoms with Crippen LogP contribution < -0.4 is 0 Å². The van der Waals surface area contributed by atoms with Gasteiger partial charge in [-0.05, 0) is 54.0 Å². The summed E-state index contributed by atoms with van der Waals surface area (Å²) in [5.74, 6) is 0.938. The van der Waals surface area contributed by atoms with Gasteiger partial charge in [0.05, 0.1) is 5.04 Å². The van der Waals surface area contributed by atoms with Crippen molar-refractivity contribution in [2.24, 2.45) is 4.99 Å². The summed E-state index contributed by atoms with van der Waals surface area (Å²) < 4.78 is 13.5. The molecule has 29 heavy (non-hydrogen) atoms. The maximum atomic E-state index is 13.5. The molecule has 0 amide bonds. The maximum Gasteiger partial charge on any atom is 0.332 e. The quantitative estimate of drug-likeness (QED) is 0.628. The highest BCUT2D eigenvalue weighted by atomic mass is 32.2. The summed E-state index contributed by atoms with van der Waals surface area (Å²) in [6, 6.07) is 10.6. The Labute approximate surface area is 177 Å². The molecule has 1 aliphatic heterocycles. The SMILES string of the molecule is O=C(O)C1(CC2=Cc3ccc(F)cc3C2)CSC(CSCCc2ccccn2)=N1. The zero-order valence-corrected chi connectivity index (χ0v) is 17.4. The number of aryl methyl sites for hydroxylation is 1. The highest BCUT2D eigenvalue weighted by Crippen LogP contribution is 2.38. The number of fused-ring (bicyclic) bond motifs is 1. The number of pyridine rings is 1. The van der Waals surface area contributed by atoms with Crippen molar-refractivity contribution in [3.05, 3.63) is 70.8 Å². The molecular weight excluding hydrogens is 407 g/mol. The minimum atomic E-state index is -1.12. The van der Waals surface area contributed by atoms with Crippen molar-refractivity contribution in [3.63, 3.8) is 0 Å². The van der Waals surface area contributed by atoms with Crippen LogP contribution in [0.25, 0.3) is 6.08 Å². The molecule has 1 aromatic heterocycles. The normalized spacial score (nSPS) is 20.3. The molecule has 0 radical (unpaired) electrons. The molecule has 1 unspecified atom stereocenters. The van der Waals surface area contributed by atoms with Gasteiger partial charge in [-0.15, -0.1) is 11.8 Å². The van der Waals surface area contributed by atoms with Crippen LogP contribution in [-0.2, 0) is 17.6 Å². The van der Waals surface area contributed by atoms with Gasteiger partial charge in [0, 0.05) is 29.8 Å². The molecule has 0 spiro atoms. The van der Waals surface area contributed by atoms with Gasteiger partial charge in [-0.2, -0.15) is 11.8 Å². The van der Waals surface area contributed by atoms with E-state index in [0.717, 1.165) is 45.4 Å². The van der Waals surface area contributed by atoms with Gasteiger partial charge in [-0.25, -0.2) is 9.18 Å². The number of rotatable bonds is 8. The van der Waals surface area contributed by atoms with E-state index in [1.165, 1.54) is 23.9 Å². The molecule has 1 atom stereocenters. The van der Waals surface area contributed by atoms with Gasteiger partial charge < -0.3 is 5.11 Å². The number of aliphatic carboxylic acids is 1. The lowest BCUT2D eigenvalue weighted by Crippen LogP contribution is -2.37. The summed E-state index contributed by atoms with van der Waals surface area (Å²) in [5, 5.41) is 10.8. The molecular formula is C22H21FN2O2S2. The molecule has 0 bridgehead atoms. The number of nitrogens with zero attached hydrogens (tertiary/aromatic N) is 2. The molecule has 2 aromatic rings. The first-order valence-electron chi connectivity index (χ1n) is 9.44. The Morgan fingerprint density at radius 3 is 3.00 bits per heavy atom. The molecule has 0 fully saturated rings. The minimum absolute atomic E-state index is 0.259. The Bertz CT molecular complexity index is 978. The second-order valence-electron chi connectivity index (χ2n) is 7.25. The molecule has 2 heterocycles. The van der Waals surface area contributed by atoms with Gasteiger partial charge >= 0.3 is 5.97 Å². The van der Waals surface area contributed by atoms with Crippen molar-refractivity contribution in [1.29, 1.82) is 0 Å². The molecule has 1 N–H and O–H groups in total. The lowest BCUT2D eigenvalue weighted by molar-refractivity contribution is -0.142. The smallest absolute Gasteiger partial charge is 0.332 e. The average Bonchev–Trinajstić information content (AvgIpc) is 3.30. The van der Waals surface area contributed by atoms with E-state index >= 15 is 0 Å². The second kappa shape index (κ2) is 8.71. The fourth-order valence-corrected chi connectivity index (χ4v) is 5.87. The van der Waals surface area contributed by atoms with E-state index in [2.05, 4.69) is 9.98 Å². The molecule has 7 heteroatoms. The van der Waals surface area contributed by atoms with E-state index in [9.17, 15) is 14.3 Å². The Balaban J connectivity index is 1.36. The van der Waals surface area contributed by atoms with Crippen molar-refractivity contribution in [3.8, 4) is 0 Å². The average molecular weight is 429 g/mol. The number of carboxylic acid groups (broad SMARTS) is 1. The first-order chi connectivity index (χ1) is 14.0. The highest BCUT2D eigenvalue weighted by Gasteiger charge is 2.43. The van der Waals surface area contributed by atoms with Crippen LogP contribution in [0.5, 0.6) is 0 Å². The van der Waals surface area contributed by atoms with Gasteiger partial charge in [-0.1, -0.05) is 23.8 Å². The van der Waals surface area contributed by atoms with E-state index in [1.54, 1.807) is 24.0 Å². The Kier molecular flexibility index (Phi) is 6.06. The third-order valence-electron chi connectivity index (χ3n) is 5.07. The summed E-state index contributed by atoms with van der Waals surface area (Å²) in [6.45, 7) is 0. The van der Waals surface area contributed by atoms with Gasteiger partial charge in [0.1, 0.15) is 5.82 Å². The van der Waals surface area contributed by atoms with E-state index in [4.69, 9.17) is 0 Å². The Hall–Kier alpha value is -2.12. The third kappa shape index (κ3) is 4.73. The van der Waals surface area contributed by atoms with Crippen molar-refractivity contribution < 1.29 is 14.3 Å². The fraction of sp³-hybridized carbons (Fsp3) is 0.318. The number of hydrogen-bond acceptors (Lipinski definition) is 5. The molecule has 2 aliphatic rings. The number of carbonyl (C=O) groups is 1. The van der Waals surface area contributed by atoms with Crippen molar-refractivity contribution in [2.75, 3.05) is 17.3 Å². The van der Waals surface area contributed by atoms with Crippen LogP contribution >= 0.6 is 23.5 Å². The van der Waals surface area contributed by atoms with Gasteiger partial charge in [0.15, 0.2) is 5.54 Å². The summed E-state index contributed by atoms with van der Waals surface area (Å²) in [4.78, 5) is 21.0. The monoisotopic (exact) mass is 428 g/mol. The van der Waals surface area contributed by atoms with Crippen LogP contribution in [0.4, 0.5) is 4.39 Å². The van der Waals surface area contributed by atoms with Crippen molar-refractivity contribution in [1.82, 2.24) is 4.98 Å². The van der Waals surface area contributed by atoms with Crippen LogP contribution in [0, 0.1) is 5.82 Å². The van der Waals surface area contributed by atoms with Crippen LogP contribution in [0.15, 0.2) is 53.2 Å². The number of benzene rings is 1. The third-order valence-corrected chi connectivity index (χ3v) is 7.41. The molecule has 0 saturated heterocycles. The van der Waals surface area contributed by atoms with Crippen LogP contribution in [0.3, 0.4) is 0 Å². The minimum Gasteiger partial charge on any atom is -0.479 e. The fourth-order valence-electron chi connectivity index (χ4n) is 3.61. The number of carboxylic acids is 1. The van der Waals surface area contributed by atoms with Crippen LogP contribution in [0.2, 0.25) is 0 Å². The van der Waals surface area contributed by atoms with E-state index in [0.29, 0.717) is 18.6 Å². The maximum absolute atomic E-state index is 13.5. The van der Waals surface area contributed by atoms with Crippen molar-refractivity contribution >= 4 is 40.6 Å². The van der Waals surface area contributed by atoms with Crippen LogP contribution in [-0.4, -0.2) is 43.9 Å². The summed E-state index contributed by atoms with van der Waals surface area (Å²) >= 11 is 3.29. The molecule has 1 aromatic carbocycles. The standard InChI is InChI=1S/C22H21FN2O2S2/c23-18-5-4-16-9-15(10-17(16)11-18)12-22(21(26)27)14-29-20(25-22)13-28-8-6-19-3-1-2-7-24-19/h1-5,7,9,11H,6,8,10,12-14H2,(H,26,27). The Morgan fingerprint density at radius 2 is 2.21 bits per heavy atom. The molecule has 1 aliphatic carbocycles. The zero-order chi connectivity index (χ0) is 20.3. The first kappa shape index (κ1) is 20.2. The highest BCUT2D eigenvalue weighted by molar-refractivity contribution is 8.16. The number of aliphatic imine (C=N–C) groups is 1. The second-order valence-corrected chi connectivity index (χ2v) is 9.41. The summed E-state index contributed by atoms with van der Waals surface area (Å²) in [5.41, 5.74) is 2.84. The summed E-state index contributed by atoms with van der Waals surface area (Å²) in [7, 11) is 0. The van der Waals surface area contributed by atoms with Gasteiger partial charge in [-0.3, -0.25) is 9.98 Å². The summed E-state index contributed by atoms with van der Waals surface area (Å²) in [6.07, 6.45) is 5.63. The molecule has 0 saturated carbocycles. The number of aromatic nitrogens is 1. The van der Waals surface area contributed by atoms with Gasteiger partial charge in [0.25, 0.3) is 0 Å². The lowest BCUT2D eigenvalue weighted by Gasteiger charge is -2.20. The largest absolute Gasteiger partial charge is 0.479 e. The van der Waals surface area contributed by atoms with E-state index in [1.807, 2.05) is 24.3 Å². The first-order valence-corrected chi connectivity index (χ1v) is 11.6. The van der Waals surface area contributed by atoms with E-state index < -0.39 is 11.5 Å². The van der Waals surface area contributed by atoms with E-state index in [-0.39, 0.29) is 5.82 Å². The zero-order valence-electron chi connectivity index (χ0n) is 15.8. The van der Waals surface area contributed by atoms with Gasteiger partial charge in [0.2, 0.25) is 0 Å². The van der Waals surface area contributed by atoms with Crippen molar-refractivity contribution in [2.45, 2.75) is 24.8 Å². The molecule has 4 rings (SSSR count). The Morgan fingerprint density at radius 1 is 1.31 bits per heavy atom. The molecule has 150 valence electrons. The number of thioether (sulfide) groups is 2. The predicted molar refractivity (Wildman–Crippen MR) is 118 cm³/mol. The molecule has 4 nitrogen and oxygen atoms in total.